The number of amides is 1. The monoisotopic (exact) mass is 324 g/mol. The smallest absolute Gasteiger partial charge is 0.270 e. The van der Waals surface area contributed by atoms with Crippen molar-refractivity contribution in [2.45, 2.75) is 19.1 Å². The largest absolute Gasteiger partial charge is 0.386 e. The van der Waals surface area contributed by atoms with Gasteiger partial charge in [-0.3, -0.25) is 4.79 Å². The number of aliphatic hydroxyl groups excluding tert-OH is 1. The van der Waals surface area contributed by atoms with Gasteiger partial charge in [-0.2, -0.15) is 0 Å². The average molecular weight is 324 g/mol. The zero-order valence-corrected chi connectivity index (χ0v) is 13.1. The fourth-order valence-electron chi connectivity index (χ4n) is 2.50. The molecule has 2 unspecified atom stereocenters. The number of carbonyl (C=O) groups excluding carboxylic acids is 1. The molecule has 3 aromatic rings. The van der Waals surface area contributed by atoms with Gasteiger partial charge in [0.1, 0.15) is 11.5 Å². The van der Waals surface area contributed by atoms with Crippen molar-refractivity contribution in [1.29, 1.82) is 0 Å². The summed E-state index contributed by atoms with van der Waals surface area (Å²) < 4.78 is 13.0. The molecule has 0 spiro atoms. The van der Waals surface area contributed by atoms with Gasteiger partial charge in [0.05, 0.1) is 17.7 Å². The molecule has 0 aliphatic rings. The number of para-hydroxylation sites is 1. The van der Waals surface area contributed by atoms with E-state index in [1.54, 1.807) is 13.0 Å². The van der Waals surface area contributed by atoms with Crippen LogP contribution in [-0.4, -0.2) is 22.0 Å². The minimum atomic E-state index is -0.935. The summed E-state index contributed by atoms with van der Waals surface area (Å²) in [5.41, 5.74) is 1.56. The van der Waals surface area contributed by atoms with E-state index in [2.05, 4.69) is 10.3 Å². The third-order valence-corrected chi connectivity index (χ3v) is 3.87. The quantitative estimate of drug-likeness (QED) is 0.774. The molecule has 24 heavy (non-hydrogen) atoms. The summed E-state index contributed by atoms with van der Waals surface area (Å²) in [5, 5.41) is 14.0. The fourth-order valence-corrected chi connectivity index (χ4v) is 2.50. The molecule has 0 radical (unpaired) electrons. The van der Waals surface area contributed by atoms with Gasteiger partial charge in [-0.1, -0.05) is 36.4 Å². The SMILES string of the molecule is CC(NC(=O)c1ccc2ccccc2n1)C(O)c1ccc(F)cc1. The lowest BCUT2D eigenvalue weighted by atomic mass is 10.0. The van der Waals surface area contributed by atoms with Gasteiger partial charge in [0.25, 0.3) is 5.91 Å². The average Bonchev–Trinajstić information content (AvgIpc) is 2.61. The van der Waals surface area contributed by atoms with Crippen LogP contribution in [0.5, 0.6) is 0 Å². The molecule has 0 aliphatic carbocycles. The maximum atomic E-state index is 13.0. The number of nitrogens with zero attached hydrogens (tertiary/aromatic N) is 1. The molecule has 1 heterocycles. The number of nitrogens with one attached hydrogen (secondary N) is 1. The molecule has 0 bridgehead atoms. The van der Waals surface area contributed by atoms with Crippen molar-refractivity contribution in [3.05, 3.63) is 77.7 Å². The maximum Gasteiger partial charge on any atom is 0.270 e. The van der Waals surface area contributed by atoms with E-state index in [1.165, 1.54) is 24.3 Å². The van der Waals surface area contributed by atoms with Crippen LogP contribution in [0.2, 0.25) is 0 Å². The number of carbonyl (C=O) groups is 1. The van der Waals surface area contributed by atoms with Crippen LogP contribution in [0, 0.1) is 5.82 Å². The Balaban J connectivity index is 1.73. The molecular weight excluding hydrogens is 307 g/mol. The lowest BCUT2D eigenvalue weighted by molar-refractivity contribution is 0.0847. The molecule has 4 nitrogen and oxygen atoms in total. The molecule has 122 valence electrons. The first-order valence-electron chi connectivity index (χ1n) is 7.65. The van der Waals surface area contributed by atoms with Crippen LogP contribution in [0.15, 0.2) is 60.7 Å². The van der Waals surface area contributed by atoms with Gasteiger partial charge in [-0.15, -0.1) is 0 Å². The number of halogens is 1. The first-order valence-corrected chi connectivity index (χ1v) is 7.65. The van der Waals surface area contributed by atoms with Crippen LogP contribution in [0.25, 0.3) is 10.9 Å². The molecule has 0 fully saturated rings. The topological polar surface area (TPSA) is 62.2 Å². The first-order chi connectivity index (χ1) is 11.5. The van der Waals surface area contributed by atoms with Gasteiger partial charge in [0.15, 0.2) is 0 Å². The highest BCUT2D eigenvalue weighted by molar-refractivity contribution is 5.95. The van der Waals surface area contributed by atoms with Crippen LogP contribution in [0.3, 0.4) is 0 Å². The molecule has 3 rings (SSSR count). The Morgan fingerprint density at radius 1 is 1.08 bits per heavy atom. The third kappa shape index (κ3) is 3.41. The minimum Gasteiger partial charge on any atom is -0.386 e. The van der Waals surface area contributed by atoms with Crippen LogP contribution in [0.1, 0.15) is 29.1 Å². The Bertz CT molecular complexity index is 865. The van der Waals surface area contributed by atoms with Crippen molar-refractivity contribution in [3.8, 4) is 0 Å². The van der Waals surface area contributed by atoms with Crippen LogP contribution in [0.4, 0.5) is 4.39 Å². The molecule has 0 saturated carbocycles. The van der Waals surface area contributed by atoms with E-state index >= 15 is 0 Å². The summed E-state index contributed by atoms with van der Waals surface area (Å²) in [5.74, 6) is -0.739. The van der Waals surface area contributed by atoms with Crippen LogP contribution < -0.4 is 5.32 Å². The number of benzene rings is 2. The van der Waals surface area contributed by atoms with Crippen LogP contribution >= 0.6 is 0 Å². The summed E-state index contributed by atoms with van der Waals surface area (Å²) >= 11 is 0. The van der Waals surface area contributed by atoms with Crippen molar-refractivity contribution in [3.63, 3.8) is 0 Å². The van der Waals surface area contributed by atoms with Gasteiger partial charge in [0.2, 0.25) is 0 Å². The zero-order valence-electron chi connectivity index (χ0n) is 13.1. The zero-order chi connectivity index (χ0) is 17.1. The van der Waals surface area contributed by atoms with Gasteiger partial charge in [-0.25, -0.2) is 9.37 Å². The van der Waals surface area contributed by atoms with Gasteiger partial charge >= 0.3 is 0 Å². The highest BCUT2D eigenvalue weighted by Crippen LogP contribution is 2.18. The number of rotatable bonds is 4. The van der Waals surface area contributed by atoms with Crippen molar-refractivity contribution >= 4 is 16.8 Å². The summed E-state index contributed by atoms with van der Waals surface area (Å²) in [4.78, 5) is 16.7. The predicted octanol–water partition coefficient (Wildman–Crippen LogP) is 3.23. The van der Waals surface area contributed by atoms with Gasteiger partial charge < -0.3 is 10.4 Å². The Morgan fingerprint density at radius 2 is 1.79 bits per heavy atom. The molecule has 5 heteroatoms. The highest BCUT2D eigenvalue weighted by Gasteiger charge is 2.20. The van der Waals surface area contributed by atoms with Crippen molar-refractivity contribution in [2.75, 3.05) is 0 Å². The molecule has 1 amide bonds. The van der Waals surface area contributed by atoms with Gasteiger partial charge in [-0.05, 0) is 36.8 Å². The number of pyridine rings is 1. The van der Waals surface area contributed by atoms with Crippen molar-refractivity contribution in [2.24, 2.45) is 0 Å². The van der Waals surface area contributed by atoms with E-state index in [4.69, 9.17) is 0 Å². The van der Waals surface area contributed by atoms with Crippen LogP contribution in [-0.2, 0) is 0 Å². The van der Waals surface area contributed by atoms with Gasteiger partial charge in [0, 0.05) is 5.39 Å². The van der Waals surface area contributed by atoms with E-state index in [1.807, 2.05) is 30.3 Å². The predicted molar refractivity (Wildman–Crippen MR) is 90.0 cm³/mol. The summed E-state index contributed by atoms with van der Waals surface area (Å²) in [6, 6.07) is 16.0. The highest BCUT2D eigenvalue weighted by atomic mass is 19.1. The Hall–Kier alpha value is -2.79. The molecule has 1 aromatic heterocycles. The summed E-state index contributed by atoms with van der Waals surface area (Å²) in [6.45, 7) is 1.69. The Kier molecular flexibility index (Phi) is 4.53. The number of aromatic nitrogens is 1. The molecular formula is C19H17FN2O2. The number of hydrogen-bond donors (Lipinski definition) is 2. The number of aliphatic hydroxyl groups is 1. The van der Waals surface area contributed by atoms with Crippen molar-refractivity contribution in [1.82, 2.24) is 10.3 Å². The summed E-state index contributed by atoms with van der Waals surface area (Å²) in [6.07, 6.45) is -0.935. The fraction of sp³-hybridized carbons (Fsp3) is 0.158. The summed E-state index contributed by atoms with van der Waals surface area (Å²) in [7, 11) is 0. The van der Waals surface area contributed by atoms with E-state index < -0.39 is 12.1 Å². The molecule has 2 atom stereocenters. The lowest BCUT2D eigenvalue weighted by Gasteiger charge is -2.20. The second kappa shape index (κ2) is 6.76. The van der Waals surface area contributed by atoms with E-state index in [-0.39, 0.29) is 17.4 Å². The normalized spacial score (nSPS) is 13.5. The minimum absolute atomic E-state index is 0.284. The van der Waals surface area contributed by atoms with E-state index in [0.717, 1.165) is 10.9 Å². The van der Waals surface area contributed by atoms with E-state index in [0.29, 0.717) is 5.56 Å². The third-order valence-electron chi connectivity index (χ3n) is 3.87. The second-order valence-electron chi connectivity index (χ2n) is 5.65. The lowest BCUT2D eigenvalue weighted by Crippen LogP contribution is -2.37. The molecule has 0 saturated heterocycles. The number of hydrogen-bond acceptors (Lipinski definition) is 3. The molecule has 2 aromatic carbocycles. The molecule has 2 N–H and O–H groups in total. The van der Waals surface area contributed by atoms with E-state index in [9.17, 15) is 14.3 Å². The second-order valence-corrected chi connectivity index (χ2v) is 5.65. The maximum absolute atomic E-state index is 13.0. The number of fused-ring (bicyclic) bond motifs is 1. The standard InChI is InChI=1S/C19H17FN2O2/c1-12(18(23)14-6-9-15(20)10-7-14)21-19(24)17-11-8-13-4-2-3-5-16(13)22-17/h2-12,18,23H,1H3,(H,21,24). The van der Waals surface area contributed by atoms with Crippen molar-refractivity contribution < 1.29 is 14.3 Å². The Morgan fingerprint density at radius 3 is 2.54 bits per heavy atom. The first kappa shape index (κ1) is 16.1. The molecule has 0 aliphatic heterocycles. The Labute approximate surface area is 139 Å².